The average molecular weight is 265 g/mol. The van der Waals surface area contributed by atoms with Gasteiger partial charge in [-0.2, -0.15) is 0 Å². The van der Waals surface area contributed by atoms with E-state index in [1.807, 2.05) is 5.51 Å². The van der Waals surface area contributed by atoms with Crippen LogP contribution in [0.1, 0.15) is 36.3 Å². The number of nitrogens with zero attached hydrogens (tertiary/aromatic N) is 2. The molecule has 2 saturated carbocycles. The van der Waals surface area contributed by atoms with Crippen molar-refractivity contribution in [3.05, 3.63) is 16.1 Å². The van der Waals surface area contributed by atoms with Crippen molar-refractivity contribution in [2.45, 2.75) is 44.7 Å². The maximum atomic E-state index is 6.17. The lowest BCUT2D eigenvalue weighted by atomic mass is 9.80. The number of thiazole rings is 1. The van der Waals surface area contributed by atoms with Crippen LogP contribution in [0.15, 0.2) is 5.51 Å². The van der Waals surface area contributed by atoms with E-state index in [4.69, 9.17) is 5.73 Å². The van der Waals surface area contributed by atoms with Gasteiger partial charge in [0.15, 0.2) is 0 Å². The summed E-state index contributed by atoms with van der Waals surface area (Å²) >= 11 is 1.77. The third kappa shape index (κ3) is 1.91. The molecule has 3 atom stereocenters. The van der Waals surface area contributed by atoms with Crippen LogP contribution in [0, 0.1) is 18.8 Å². The summed E-state index contributed by atoms with van der Waals surface area (Å²) in [4.78, 5) is 8.27. The van der Waals surface area contributed by atoms with Gasteiger partial charge in [0.2, 0.25) is 0 Å². The van der Waals surface area contributed by atoms with Crippen LogP contribution in [0.5, 0.6) is 0 Å². The van der Waals surface area contributed by atoms with Crippen LogP contribution in [-0.4, -0.2) is 29.0 Å². The highest BCUT2D eigenvalue weighted by Crippen LogP contribution is 2.56. The van der Waals surface area contributed by atoms with Gasteiger partial charge in [-0.05, 0) is 38.6 Å². The maximum Gasteiger partial charge on any atom is 0.0798 e. The highest BCUT2D eigenvalue weighted by atomic mass is 32.1. The van der Waals surface area contributed by atoms with Crippen LogP contribution in [0.2, 0.25) is 0 Å². The summed E-state index contributed by atoms with van der Waals surface area (Å²) in [7, 11) is 2.26. The minimum Gasteiger partial charge on any atom is -0.329 e. The molecule has 0 amide bonds. The number of likely N-dealkylation sites (N-methyl/N-ethyl adjacent to an activating group) is 1. The van der Waals surface area contributed by atoms with E-state index in [2.05, 4.69) is 23.9 Å². The molecule has 0 bridgehead atoms. The van der Waals surface area contributed by atoms with Gasteiger partial charge >= 0.3 is 0 Å². The van der Waals surface area contributed by atoms with Crippen LogP contribution in [0.4, 0.5) is 0 Å². The fourth-order valence-electron chi connectivity index (χ4n) is 3.81. The van der Waals surface area contributed by atoms with E-state index in [-0.39, 0.29) is 5.54 Å². The normalized spacial score (nSPS) is 34.7. The molecular formula is C14H23N3S. The van der Waals surface area contributed by atoms with Crippen molar-refractivity contribution in [1.29, 1.82) is 0 Å². The van der Waals surface area contributed by atoms with Crippen molar-refractivity contribution in [2.24, 2.45) is 17.6 Å². The van der Waals surface area contributed by atoms with Crippen LogP contribution in [-0.2, 0) is 6.54 Å². The van der Waals surface area contributed by atoms with Gasteiger partial charge in [0, 0.05) is 23.5 Å². The Kier molecular flexibility index (Phi) is 3.20. The Bertz CT molecular complexity index is 430. The minimum absolute atomic E-state index is 0.263. The van der Waals surface area contributed by atoms with Gasteiger partial charge in [-0.3, -0.25) is 4.90 Å². The van der Waals surface area contributed by atoms with Gasteiger partial charge < -0.3 is 5.73 Å². The predicted octanol–water partition coefficient (Wildman–Crippen LogP) is 2.40. The Morgan fingerprint density at radius 3 is 3.11 bits per heavy atom. The highest BCUT2D eigenvalue weighted by Gasteiger charge is 2.55. The summed E-state index contributed by atoms with van der Waals surface area (Å²) in [6.07, 6.45) is 5.46. The lowest BCUT2D eigenvalue weighted by Gasteiger charge is -2.44. The SMILES string of the molecule is Cc1ncsc1CN(C)C1(CN)CCCC2CC21. The first kappa shape index (κ1) is 12.6. The summed E-state index contributed by atoms with van der Waals surface area (Å²) < 4.78 is 0. The molecule has 0 spiro atoms. The molecule has 4 heteroatoms. The molecule has 0 aliphatic heterocycles. The number of nitrogens with two attached hydrogens (primary N) is 1. The third-order valence-corrected chi connectivity index (χ3v) is 6.06. The van der Waals surface area contributed by atoms with Crippen LogP contribution in [0.25, 0.3) is 0 Å². The first-order chi connectivity index (χ1) is 8.67. The lowest BCUT2D eigenvalue weighted by molar-refractivity contribution is 0.0620. The second kappa shape index (κ2) is 4.58. The molecule has 100 valence electrons. The summed E-state index contributed by atoms with van der Waals surface area (Å²) in [5.74, 6) is 1.82. The quantitative estimate of drug-likeness (QED) is 0.909. The van der Waals surface area contributed by atoms with E-state index in [0.717, 1.165) is 24.9 Å². The van der Waals surface area contributed by atoms with Crippen molar-refractivity contribution in [2.75, 3.05) is 13.6 Å². The zero-order valence-electron chi connectivity index (χ0n) is 11.4. The van der Waals surface area contributed by atoms with E-state index in [1.165, 1.54) is 36.3 Å². The zero-order valence-corrected chi connectivity index (χ0v) is 12.2. The van der Waals surface area contributed by atoms with Crippen molar-refractivity contribution in [1.82, 2.24) is 9.88 Å². The highest BCUT2D eigenvalue weighted by molar-refractivity contribution is 7.09. The smallest absolute Gasteiger partial charge is 0.0798 e. The maximum absolute atomic E-state index is 6.17. The Balaban J connectivity index is 1.77. The first-order valence-corrected chi connectivity index (χ1v) is 7.85. The van der Waals surface area contributed by atoms with Crippen molar-refractivity contribution in [3.8, 4) is 0 Å². The summed E-state index contributed by atoms with van der Waals surface area (Å²) in [5, 5.41) is 0. The van der Waals surface area contributed by atoms with Gasteiger partial charge in [0.1, 0.15) is 0 Å². The Morgan fingerprint density at radius 2 is 2.44 bits per heavy atom. The van der Waals surface area contributed by atoms with Gasteiger partial charge in [0.25, 0.3) is 0 Å². The van der Waals surface area contributed by atoms with E-state index in [0.29, 0.717) is 0 Å². The summed E-state index contributed by atoms with van der Waals surface area (Å²) in [5.41, 5.74) is 9.57. The molecule has 0 aromatic carbocycles. The topological polar surface area (TPSA) is 42.2 Å². The van der Waals surface area contributed by atoms with E-state index >= 15 is 0 Å². The summed E-state index contributed by atoms with van der Waals surface area (Å²) in [6.45, 7) is 3.93. The third-order valence-electron chi connectivity index (χ3n) is 5.14. The van der Waals surface area contributed by atoms with Gasteiger partial charge in [-0.15, -0.1) is 11.3 Å². The fourth-order valence-corrected chi connectivity index (χ4v) is 4.64. The molecule has 0 saturated heterocycles. The Labute approximate surface area is 113 Å². The number of aryl methyl sites for hydroxylation is 1. The Hall–Kier alpha value is -0.450. The van der Waals surface area contributed by atoms with Gasteiger partial charge in [-0.25, -0.2) is 4.98 Å². The van der Waals surface area contributed by atoms with Crippen LogP contribution in [0.3, 0.4) is 0 Å². The molecule has 1 aromatic rings. The fraction of sp³-hybridized carbons (Fsp3) is 0.786. The Morgan fingerprint density at radius 1 is 1.61 bits per heavy atom. The molecule has 3 nitrogen and oxygen atoms in total. The molecule has 3 rings (SSSR count). The van der Waals surface area contributed by atoms with E-state index < -0.39 is 0 Å². The van der Waals surface area contributed by atoms with Crippen LogP contribution >= 0.6 is 11.3 Å². The minimum atomic E-state index is 0.263. The van der Waals surface area contributed by atoms with Gasteiger partial charge in [0.05, 0.1) is 11.2 Å². The van der Waals surface area contributed by atoms with Crippen molar-refractivity contribution < 1.29 is 0 Å². The standard InChI is InChI=1S/C14H23N3S/c1-10-13(18-9-16-10)7-17(2)14(8-15)5-3-4-11-6-12(11)14/h9,11-12H,3-8,15H2,1-2H3. The molecule has 2 N–H and O–H groups in total. The largest absolute Gasteiger partial charge is 0.329 e. The summed E-state index contributed by atoms with van der Waals surface area (Å²) in [6, 6.07) is 0. The molecule has 0 radical (unpaired) electrons. The predicted molar refractivity (Wildman–Crippen MR) is 75.6 cm³/mol. The molecule has 2 aliphatic carbocycles. The van der Waals surface area contributed by atoms with Crippen molar-refractivity contribution in [3.63, 3.8) is 0 Å². The number of hydrogen-bond acceptors (Lipinski definition) is 4. The molecule has 18 heavy (non-hydrogen) atoms. The monoisotopic (exact) mass is 265 g/mol. The molecule has 2 fully saturated rings. The molecule has 3 unspecified atom stereocenters. The molecule has 2 aliphatic rings. The number of fused-ring (bicyclic) bond motifs is 1. The molecular weight excluding hydrogens is 242 g/mol. The lowest BCUT2D eigenvalue weighted by Crippen LogP contribution is -2.55. The second-order valence-electron chi connectivity index (χ2n) is 6.02. The number of aromatic nitrogens is 1. The molecule has 1 heterocycles. The first-order valence-electron chi connectivity index (χ1n) is 6.97. The van der Waals surface area contributed by atoms with Crippen molar-refractivity contribution >= 4 is 11.3 Å². The number of hydrogen-bond donors (Lipinski definition) is 1. The second-order valence-corrected chi connectivity index (χ2v) is 6.96. The number of rotatable bonds is 4. The zero-order chi connectivity index (χ0) is 12.8. The van der Waals surface area contributed by atoms with E-state index in [9.17, 15) is 0 Å². The van der Waals surface area contributed by atoms with E-state index in [1.54, 1.807) is 11.3 Å². The van der Waals surface area contributed by atoms with Crippen LogP contribution < -0.4 is 5.73 Å². The average Bonchev–Trinajstić information content (AvgIpc) is 3.07. The molecule has 1 aromatic heterocycles. The van der Waals surface area contributed by atoms with Gasteiger partial charge in [-0.1, -0.05) is 12.8 Å².